The third-order valence-electron chi connectivity index (χ3n) is 5.81. The molecule has 31 heavy (non-hydrogen) atoms. The Balaban J connectivity index is 1.52. The summed E-state index contributed by atoms with van der Waals surface area (Å²) in [5.74, 6) is 0.227. The van der Waals surface area contributed by atoms with E-state index in [1.165, 1.54) is 18.5 Å². The van der Waals surface area contributed by atoms with Crippen molar-refractivity contribution in [3.05, 3.63) is 47.7 Å². The molecule has 0 unspecified atom stereocenters. The predicted molar refractivity (Wildman–Crippen MR) is 103 cm³/mol. The lowest BCUT2D eigenvalue weighted by Crippen LogP contribution is -2.60. The summed E-state index contributed by atoms with van der Waals surface area (Å²) < 4.78 is 64.4. The summed E-state index contributed by atoms with van der Waals surface area (Å²) in [5.41, 5.74) is -0.115. The number of H-pyrrole nitrogens is 1. The van der Waals surface area contributed by atoms with E-state index in [-0.39, 0.29) is 35.0 Å². The summed E-state index contributed by atoms with van der Waals surface area (Å²) in [6.07, 6.45) is -3.22. The van der Waals surface area contributed by atoms with Gasteiger partial charge in [-0.3, -0.25) is 4.90 Å². The van der Waals surface area contributed by atoms with Gasteiger partial charge in [0.25, 0.3) is 0 Å². The largest absolute Gasteiger partial charge is 0.491 e. The number of aromatic nitrogens is 3. The summed E-state index contributed by atoms with van der Waals surface area (Å²) in [6, 6.07) is 4.73. The maximum absolute atomic E-state index is 13.7. The molecular formula is C20H19F4N5O2. The molecule has 0 amide bonds. The summed E-state index contributed by atoms with van der Waals surface area (Å²) in [5, 5.41) is 3.50. The molecule has 2 aliphatic rings. The molecule has 1 saturated heterocycles. The van der Waals surface area contributed by atoms with Gasteiger partial charge in [0.1, 0.15) is 41.7 Å². The van der Waals surface area contributed by atoms with Crippen LogP contribution in [0.4, 0.5) is 23.4 Å². The monoisotopic (exact) mass is 437 g/mol. The predicted octanol–water partition coefficient (Wildman–Crippen LogP) is 3.36. The quantitative estimate of drug-likeness (QED) is 0.610. The number of fused-ring (bicyclic) bond motifs is 2. The van der Waals surface area contributed by atoms with Crippen LogP contribution in [0.5, 0.6) is 5.75 Å². The number of hydrogen-bond acceptors (Lipinski definition) is 6. The number of alkyl halides is 3. The highest BCUT2D eigenvalue weighted by atomic mass is 19.4. The second-order valence-electron chi connectivity index (χ2n) is 7.66. The Hall–Kier alpha value is -2.92. The Kier molecular flexibility index (Phi) is 4.74. The van der Waals surface area contributed by atoms with Crippen LogP contribution in [0.3, 0.4) is 0 Å². The maximum atomic E-state index is 13.7. The maximum Gasteiger partial charge on any atom is 0.431 e. The van der Waals surface area contributed by atoms with Gasteiger partial charge in [-0.2, -0.15) is 13.2 Å². The van der Waals surface area contributed by atoms with Crippen molar-refractivity contribution in [1.29, 1.82) is 0 Å². The van der Waals surface area contributed by atoms with E-state index in [4.69, 9.17) is 9.47 Å². The van der Waals surface area contributed by atoms with Crippen molar-refractivity contribution in [2.45, 2.75) is 24.4 Å². The number of ether oxygens (including phenoxy) is 2. The molecule has 2 aromatic heterocycles. The molecule has 1 aromatic carbocycles. The Morgan fingerprint density at radius 1 is 1.23 bits per heavy atom. The lowest BCUT2D eigenvalue weighted by Gasteiger charge is -2.48. The van der Waals surface area contributed by atoms with Gasteiger partial charge < -0.3 is 19.8 Å². The molecule has 0 saturated carbocycles. The number of anilines is 1. The third kappa shape index (κ3) is 3.57. The first-order valence-corrected chi connectivity index (χ1v) is 9.70. The van der Waals surface area contributed by atoms with Gasteiger partial charge in [0.05, 0.1) is 23.6 Å². The molecule has 2 aliphatic heterocycles. The minimum Gasteiger partial charge on any atom is -0.491 e. The van der Waals surface area contributed by atoms with Crippen LogP contribution in [0.25, 0.3) is 11.0 Å². The van der Waals surface area contributed by atoms with Gasteiger partial charge in [-0.25, -0.2) is 14.4 Å². The van der Waals surface area contributed by atoms with Crippen LogP contribution < -0.4 is 10.1 Å². The average molecular weight is 437 g/mol. The van der Waals surface area contributed by atoms with E-state index in [1.807, 2.05) is 0 Å². The molecule has 11 heteroatoms. The molecule has 2 atom stereocenters. The lowest BCUT2D eigenvalue weighted by atomic mass is 9.92. The number of hydrogen-bond donors (Lipinski definition) is 2. The van der Waals surface area contributed by atoms with Gasteiger partial charge >= 0.3 is 6.18 Å². The highest BCUT2D eigenvalue weighted by Gasteiger charge is 2.41. The van der Waals surface area contributed by atoms with Crippen molar-refractivity contribution in [3.63, 3.8) is 0 Å². The van der Waals surface area contributed by atoms with E-state index in [1.54, 1.807) is 13.2 Å². The van der Waals surface area contributed by atoms with E-state index in [9.17, 15) is 17.6 Å². The van der Waals surface area contributed by atoms with Crippen LogP contribution in [-0.2, 0) is 10.9 Å². The number of aromatic amines is 1. The molecule has 0 aliphatic carbocycles. The van der Waals surface area contributed by atoms with Crippen LogP contribution in [0, 0.1) is 5.82 Å². The molecule has 0 spiro atoms. The van der Waals surface area contributed by atoms with Gasteiger partial charge in [-0.05, 0) is 12.1 Å². The minimum atomic E-state index is -4.53. The van der Waals surface area contributed by atoms with E-state index in [0.717, 1.165) is 6.07 Å². The van der Waals surface area contributed by atoms with Crippen molar-refractivity contribution in [2.75, 3.05) is 32.1 Å². The van der Waals surface area contributed by atoms with Crippen molar-refractivity contribution >= 4 is 16.9 Å². The third-order valence-corrected chi connectivity index (χ3v) is 5.81. The second kappa shape index (κ2) is 7.34. The van der Waals surface area contributed by atoms with E-state index < -0.39 is 17.7 Å². The Bertz CT molecular complexity index is 1110. The summed E-state index contributed by atoms with van der Waals surface area (Å²) in [7, 11) is 1.65. The topological polar surface area (TPSA) is 75.3 Å². The first-order chi connectivity index (χ1) is 14.8. The molecule has 4 heterocycles. The normalized spacial score (nSPS) is 22.1. The number of benzene rings is 1. The van der Waals surface area contributed by atoms with Crippen molar-refractivity contribution in [3.8, 4) is 5.75 Å². The Morgan fingerprint density at radius 3 is 2.77 bits per heavy atom. The molecule has 0 bridgehead atoms. The molecule has 0 radical (unpaired) electrons. The molecule has 3 aromatic rings. The first kappa shape index (κ1) is 20.0. The number of nitrogens with zero attached hydrogens (tertiary/aromatic N) is 3. The highest BCUT2D eigenvalue weighted by Crippen LogP contribution is 2.40. The molecule has 5 rings (SSSR count). The van der Waals surface area contributed by atoms with Gasteiger partial charge in [-0.1, -0.05) is 6.07 Å². The number of nitrogens with one attached hydrogen (secondary N) is 2. The fourth-order valence-electron chi connectivity index (χ4n) is 4.10. The summed E-state index contributed by atoms with van der Waals surface area (Å²) in [6.45, 7) is 1.68. The molecular weight excluding hydrogens is 418 g/mol. The van der Waals surface area contributed by atoms with E-state index >= 15 is 0 Å². The van der Waals surface area contributed by atoms with Gasteiger partial charge in [-0.15, -0.1) is 0 Å². The van der Waals surface area contributed by atoms with Gasteiger partial charge in [0.2, 0.25) is 0 Å². The van der Waals surface area contributed by atoms with Crippen molar-refractivity contribution in [1.82, 2.24) is 19.9 Å². The van der Waals surface area contributed by atoms with Crippen LogP contribution in [0.15, 0.2) is 30.6 Å². The van der Waals surface area contributed by atoms with Crippen LogP contribution in [0.1, 0.15) is 17.3 Å². The number of halogens is 4. The Labute approximate surface area is 174 Å². The van der Waals surface area contributed by atoms with Crippen LogP contribution >= 0.6 is 0 Å². The first-order valence-electron chi connectivity index (χ1n) is 9.70. The molecule has 1 fully saturated rings. The summed E-state index contributed by atoms with van der Waals surface area (Å²) >= 11 is 0. The zero-order valence-electron chi connectivity index (χ0n) is 16.4. The smallest absolute Gasteiger partial charge is 0.431 e. The van der Waals surface area contributed by atoms with Gasteiger partial charge in [0.15, 0.2) is 0 Å². The minimum absolute atomic E-state index is 0.0798. The van der Waals surface area contributed by atoms with E-state index in [2.05, 4.69) is 25.2 Å². The lowest BCUT2D eigenvalue weighted by molar-refractivity contribution is -0.140. The number of methoxy groups -OCH3 is 1. The summed E-state index contributed by atoms with van der Waals surface area (Å²) in [4.78, 5) is 12.6. The number of likely N-dealkylation sites (tertiary alicyclic amines) is 1. The highest BCUT2D eigenvalue weighted by molar-refractivity contribution is 5.88. The Morgan fingerprint density at radius 2 is 2.03 bits per heavy atom. The molecule has 2 N–H and O–H groups in total. The fraction of sp³-hybridized carbons (Fsp3) is 0.400. The molecule has 7 nitrogen and oxygen atoms in total. The zero-order chi connectivity index (χ0) is 21.8. The van der Waals surface area contributed by atoms with Crippen LogP contribution in [-0.4, -0.2) is 58.8 Å². The zero-order valence-corrected chi connectivity index (χ0v) is 16.4. The van der Waals surface area contributed by atoms with E-state index in [0.29, 0.717) is 31.0 Å². The fourth-order valence-corrected chi connectivity index (χ4v) is 4.10. The SMILES string of the molecule is COC1CN([C@H]2COc3cc(F)ccc3[C@@H]2Nc2ncnc3[nH]c(C(F)(F)F)cc23)C1. The van der Waals surface area contributed by atoms with Crippen molar-refractivity contribution in [2.24, 2.45) is 0 Å². The molecule has 164 valence electrons. The van der Waals surface area contributed by atoms with Crippen molar-refractivity contribution < 1.29 is 27.0 Å². The van der Waals surface area contributed by atoms with Gasteiger partial charge in [0, 0.05) is 31.8 Å². The average Bonchev–Trinajstić information content (AvgIpc) is 3.14. The standard InChI is InChI=1S/C20H19F4N5O2/c1-30-11-6-29(7-11)14-8-31-15-4-10(21)2-3-12(15)17(14)28-19-13-5-16(20(22,23)24)27-18(13)25-9-26-19/h2-5,9,11,14,17H,6-8H2,1H3,(H2,25,26,27,28)/t14-,17-/m0/s1. The van der Waals surface area contributed by atoms with Crippen LogP contribution in [0.2, 0.25) is 0 Å². The number of rotatable bonds is 4. The second-order valence-corrected chi connectivity index (χ2v) is 7.66.